The maximum atomic E-state index is 12.8. The van der Waals surface area contributed by atoms with Crippen LogP contribution in [0.25, 0.3) is 11.3 Å². The Balaban J connectivity index is 1.82. The third-order valence-corrected chi connectivity index (χ3v) is 5.22. The van der Waals surface area contributed by atoms with Crippen molar-refractivity contribution in [2.75, 3.05) is 26.9 Å². The highest BCUT2D eigenvalue weighted by molar-refractivity contribution is 9.10. The highest BCUT2D eigenvalue weighted by Gasteiger charge is 2.40. The van der Waals surface area contributed by atoms with Crippen molar-refractivity contribution >= 4 is 34.0 Å². The van der Waals surface area contributed by atoms with E-state index >= 15 is 0 Å². The third kappa shape index (κ3) is 5.78. The van der Waals surface area contributed by atoms with E-state index in [0.29, 0.717) is 11.5 Å². The molecule has 2 heterocycles. The SMILES string of the molecule is COC(=O)NCC(=O)N1CN(C(=O)OC(C)(C)C)C[C@H]1c1nc(-c2ccc(Br)cc2)c[nH]1. The molecule has 3 amide bonds. The molecule has 0 radical (unpaired) electrons. The predicted molar refractivity (Wildman–Crippen MR) is 120 cm³/mol. The number of amides is 3. The fourth-order valence-electron chi connectivity index (χ4n) is 3.19. The first-order valence-corrected chi connectivity index (χ1v) is 10.8. The number of carbonyl (C=O) groups is 3. The number of methoxy groups -OCH3 is 1. The van der Waals surface area contributed by atoms with Gasteiger partial charge in [-0.3, -0.25) is 9.69 Å². The molecular formula is C21H26BrN5O5. The van der Waals surface area contributed by atoms with Crippen LogP contribution in [-0.4, -0.2) is 70.3 Å². The highest BCUT2D eigenvalue weighted by Crippen LogP contribution is 2.29. The Labute approximate surface area is 194 Å². The summed E-state index contributed by atoms with van der Waals surface area (Å²) < 4.78 is 10.9. The molecular weight excluding hydrogens is 482 g/mol. The van der Waals surface area contributed by atoms with Gasteiger partial charge >= 0.3 is 12.2 Å². The summed E-state index contributed by atoms with van der Waals surface area (Å²) in [6, 6.07) is 7.15. The molecule has 0 unspecified atom stereocenters. The first kappa shape index (κ1) is 23.6. The maximum absolute atomic E-state index is 12.8. The Morgan fingerprint density at radius 2 is 1.94 bits per heavy atom. The van der Waals surface area contributed by atoms with E-state index in [0.717, 1.165) is 10.0 Å². The van der Waals surface area contributed by atoms with Crippen LogP contribution in [0.4, 0.5) is 9.59 Å². The number of alkyl carbamates (subject to hydrolysis) is 1. The number of aromatic nitrogens is 2. The lowest BCUT2D eigenvalue weighted by atomic mass is 10.2. The second-order valence-electron chi connectivity index (χ2n) is 8.25. The average molecular weight is 508 g/mol. The summed E-state index contributed by atoms with van der Waals surface area (Å²) in [6.45, 7) is 5.27. The summed E-state index contributed by atoms with van der Waals surface area (Å²) in [6.07, 6.45) is 0.511. The number of nitrogens with zero attached hydrogens (tertiary/aromatic N) is 3. The van der Waals surface area contributed by atoms with Gasteiger partial charge in [-0.1, -0.05) is 28.1 Å². The van der Waals surface area contributed by atoms with Crippen molar-refractivity contribution in [1.82, 2.24) is 25.1 Å². The van der Waals surface area contributed by atoms with Gasteiger partial charge in [-0.2, -0.15) is 0 Å². The number of carbonyl (C=O) groups excluding carboxylic acids is 3. The first-order valence-electron chi connectivity index (χ1n) is 9.98. The van der Waals surface area contributed by atoms with Gasteiger partial charge in [-0.25, -0.2) is 14.6 Å². The van der Waals surface area contributed by atoms with Gasteiger partial charge in [0.05, 0.1) is 26.0 Å². The number of halogens is 1. The molecule has 2 N–H and O–H groups in total. The predicted octanol–water partition coefficient (Wildman–Crippen LogP) is 3.27. The minimum atomic E-state index is -0.714. The van der Waals surface area contributed by atoms with Gasteiger partial charge in [0.2, 0.25) is 5.91 Å². The number of imidazole rings is 1. The van der Waals surface area contributed by atoms with Crippen molar-refractivity contribution in [3.63, 3.8) is 0 Å². The maximum Gasteiger partial charge on any atom is 0.411 e. The van der Waals surface area contributed by atoms with Crippen molar-refractivity contribution in [1.29, 1.82) is 0 Å². The highest BCUT2D eigenvalue weighted by atomic mass is 79.9. The molecule has 0 aliphatic carbocycles. The Morgan fingerprint density at radius 3 is 2.56 bits per heavy atom. The summed E-state index contributed by atoms with van der Waals surface area (Å²) in [5.41, 5.74) is 0.946. The summed E-state index contributed by atoms with van der Waals surface area (Å²) in [4.78, 5) is 47.5. The second kappa shape index (κ2) is 9.60. The van der Waals surface area contributed by atoms with Crippen molar-refractivity contribution in [3.8, 4) is 11.3 Å². The number of rotatable bonds is 4. The van der Waals surface area contributed by atoms with Gasteiger partial charge < -0.3 is 24.7 Å². The van der Waals surface area contributed by atoms with Crippen LogP contribution in [0.5, 0.6) is 0 Å². The van der Waals surface area contributed by atoms with Crippen molar-refractivity contribution < 1.29 is 23.9 Å². The Kier molecular flexibility index (Phi) is 7.07. The van der Waals surface area contributed by atoms with Gasteiger partial charge in [0.1, 0.15) is 24.0 Å². The monoisotopic (exact) mass is 507 g/mol. The van der Waals surface area contributed by atoms with Crippen LogP contribution in [0.2, 0.25) is 0 Å². The quantitative estimate of drug-likeness (QED) is 0.655. The summed E-state index contributed by atoms with van der Waals surface area (Å²) in [7, 11) is 1.22. The fraction of sp³-hybridized carbons (Fsp3) is 0.429. The van der Waals surface area contributed by atoms with E-state index in [4.69, 9.17) is 4.74 Å². The topological polar surface area (TPSA) is 117 Å². The largest absolute Gasteiger partial charge is 0.453 e. The molecule has 1 aromatic carbocycles. The van der Waals surface area contributed by atoms with E-state index in [-0.39, 0.29) is 25.7 Å². The summed E-state index contributed by atoms with van der Waals surface area (Å²) in [5.74, 6) is 0.147. The lowest BCUT2D eigenvalue weighted by Crippen LogP contribution is -2.42. The van der Waals surface area contributed by atoms with Gasteiger partial charge in [-0.05, 0) is 32.9 Å². The number of ether oxygens (including phenoxy) is 2. The minimum absolute atomic E-state index is 0.00951. The lowest BCUT2D eigenvalue weighted by molar-refractivity contribution is -0.131. The number of H-pyrrole nitrogens is 1. The summed E-state index contributed by atoms with van der Waals surface area (Å²) >= 11 is 3.41. The molecule has 3 rings (SSSR count). The lowest BCUT2D eigenvalue weighted by Gasteiger charge is -2.24. The van der Waals surface area contributed by atoms with Gasteiger partial charge in [0.15, 0.2) is 0 Å². The molecule has 172 valence electrons. The molecule has 1 fully saturated rings. The van der Waals surface area contributed by atoms with E-state index in [9.17, 15) is 14.4 Å². The number of benzene rings is 1. The average Bonchev–Trinajstić information content (AvgIpc) is 3.38. The van der Waals surface area contributed by atoms with Gasteiger partial charge in [-0.15, -0.1) is 0 Å². The van der Waals surface area contributed by atoms with Crippen LogP contribution in [0.1, 0.15) is 32.6 Å². The molecule has 32 heavy (non-hydrogen) atoms. The van der Waals surface area contributed by atoms with E-state index < -0.39 is 23.8 Å². The molecule has 1 atom stereocenters. The molecule has 1 aromatic heterocycles. The molecule has 0 saturated carbocycles. The van der Waals surface area contributed by atoms with Crippen molar-refractivity contribution in [2.24, 2.45) is 0 Å². The Morgan fingerprint density at radius 1 is 1.25 bits per heavy atom. The Bertz CT molecular complexity index is 985. The number of hydrogen-bond acceptors (Lipinski definition) is 6. The van der Waals surface area contributed by atoms with Crippen LogP contribution >= 0.6 is 15.9 Å². The van der Waals surface area contributed by atoms with Crippen molar-refractivity contribution in [3.05, 3.63) is 40.8 Å². The van der Waals surface area contributed by atoms with Crippen LogP contribution in [-0.2, 0) is 14.3 Å². The smallest absolute Gasteiger partial charge is 0.411 e. The minimum Gasteiger partial charge on any atom is -0.453 e. The van der Waals surface area contributed by atoms with Crippen LogP contribution in [0.15, 0.2) is 34.9 Å². The molecule has 1 saturated heterocycles. The molecule has 1 aliphatic rings. The number of nitrogens with one attached hydrogen (secondary N) is 2. The van der Waals surface area contributed by atoms with Crippen LogP contribution < -0.4 is 5.32 Å². The summed E-state index contributed by atoms with van der Waals surface area (Å²) in [5, 5.41) is 2.38. The Hall–Kier alpha value is -3.08. The molecule has 2 aromatic rings. The molecule has 0 spiro atoms. The zero-order valence-corrected chi connectivity index (χ0v) is 19.9. The zero-order valence-electron chi connectivity index (χ0n) is 18.3. The zero-order chi connectivity index (χ0) is 23.5. The molecule has 11 heteroatoms. The second-order valence-corrected chi connectivity index (χ2v) is 9.16. The van der Waals surface area contributed by atoms with Gasteiger partial charge in [0.25, 0.3) is 0 Å². The third-order valence-electron chi connectivity index (χ3n) is 4.69. The van der Waals surface area contributed by atoms with E-state index in [2.05, 4.69) is 36.0 Å². The van der Waals surface area contributed by atoms with Crippen LogP contribution in [0, 0.1) is 0 Å². The van der Waals surface area contributed by atoms with E-state index in [1.54, 1.807) is 27.0 Å². The van der Waals surface area contributed by atoms with Gasteiger partial charge in [0, 0.05) is 16.2 Å². The van der Waals surface area contributed by atoms with Crippen molar-refractivity contribution in [2.45, 2.75) is 32.4 Å². The molecule has 10 nitrogen and oxygen atoms in total. The molecule has 1 aliphatic heterocycles. The number of hydrogen-bond donors (Lipinski definition) is 2. The molecule has 0 bridgehead atoms. The first-order chi connectivity index (χ1) is 15.1. The van der Waals surface area contributed by atoms with Crippen LogP contribution in [0.3, 0.4) is 0 Å². The van der Waals surface area contributed by atoms with E-state index in [1.165, 1.54) is 16.9 Å². The fourth-order valence-corrected chi connectivity index (χ4v) is 3.45. The normalized spacial score (nSPS) is 16.1. The van der Waals surface area contributed by atoms with E-state index in [1.807, 2.05) is 24.3 Å². The standard InChI is InChI=1S/C21H26BrN5O5/c1-21(2,3)32-20(30)26-11-16(27(12-26)17(28)10-24-19(29)31-4)18-23-9-15(25-18)13-5-7-14(22)8-6-13/h5-9,16H,10-12H2,1-4H3,(H,23,25)(H,24,29)/t16-/m0/s1. The number of aromatic amines is 1.